The Labute approximate surface area is 98.9 Å². The molecule has 2 atom stereocenters. The molecule has 1 heterocycles. The van der Waals surface area contributed by atoms with Crippen molar-refractivity contribution in [2.24, 2.45) is 0 Å². The van der Waals surface area contributed by atoms with Gasteiger partial charge in [0.25, 0.3) is 0 Å². The van der Waals surface area contributed by atoms with Crippen LogP contribution in [-0.2, 0) is 11.3 Å². The molecule has 0 fully saturated rings. The van der Waals surface area contributed by atoms with Crippen molar-refractivity contribution in [2.45, 2.75) is 25.6 Å². The fourth-order valence-electron chi connectivity index (χ4n) is 1.27. The van der Waals surface area contributed by atoms with Crippen molar-refractivity contribution in [2.75, 3.05) is 12.4 Å². The molecule has 17 heavy (non-hydrogen) atoms. The second-order valence-corrected chi connectivity index (χ2v) is 3.60. The van der Waals surface area contributed by atoms with Crippen LogP contribution in [0.3, 0.4) is 0 Å². The molecule has 1 aromatic rings. The van der Waals surface area contributed by atoms with Crippen molar-refractivity contribution in [3.05, 3.63) is 18.0 Å². The first-order valence-corrected chi connectivity index (χ1v) is 5.17. The first kappa shape index (κ1) is 13.3. The minimum atomic E-state index is -1.09. The van der Waals surface area contributed by atoms with E-state index in [1.807, 2.05) is 0 Å². The lowest BCUT2D eigenvalue weighted by Gasteiger charge is -2.16. The highest BCUT2D eigenvalue weighted by Gasteiger charge is 2.21. The van der Waals surface area contributed by atoms with E-state index in [2.05, 4.69) is 20.6 Å². The summed E-state index contributed by atoms with van der Waals surface area (Å²) < 4.78 is 0. The van der Waals surface area contributed by atoms with Gasteiger partial charge in [-0.1, -0.05) is 0 Å². The molecule has 0 spiro atoms. The third kappa shape index (κ3) is 3.97. The van der Waals surface area contributed by atoms with Crippen molar-refractivity contribution in [1.82, 2.24) is 15.3 Å². The van der Waals surface area contributed by atoms with Crippen LogP contribution in [0, 0.1) is 0 Å². The van der Waals surface area contributed by atoms with E-state index in [4.69, 9.17) is 5.11 Å². The molecular formula is C10H16N4O3. The SMILES string of the molecule is CNc1ncc(CN[C@@H](C(=O)O)[C@@H](C)O)cn1. The first-order valence-electron chi connectivity index (χ1n) is 5.17. The Morgan fingerprint density at radius 3 is 2.47 bits per heavy atom. The molecule has 0 saturated carbocycles. The van der Waals surface area contributed by atoms with Crippen LogP contribution in [0.25, 0.3) is 0 Å². The summed E-state index contributed by atoms with van der Waals surface area (Å²) >= 11 is 0. The molecule has 0 saturated heterocycles. The van der Waals surface area contributed by atoms with Crippen molar-refractivity contribution < 1.29 is 15.0 Å². The zero-order valence-corrected chi connectivity index (χ0v) is 9.71. The minimum Gasteiger partial charge on any atom is -0.480 e. The summed E-state index contributed by atoms with van der Waals surface area (Å²) in [6.07, 6.45) is 2.21. The number of carboxylic acids is 1. The number of aromatic nitrogens is 2. The predicted octanol–water partition coefficient (Wildman–Crippen LogP) is -0.558. The molecule has 0 bridgehead atoms. The van der Waals surface area contributed by atoms with E-state index in [-0.39, 0.29) is 6.54 Å². The summed E-state index contributed by atoms with van der Waals surface area (Å²) in [6, 6.07) is -1.00. The molecule has 0 aliphatic carbocycles. The molecule has 0 unspecified atom stereocenters. The van der Waals surface area contributed by atoms with Gasteiger partial charge in [-0.15, -0.1) is 0 Å². The van der Waals surface area contributed by atoms with Gasteiger partial charge >= 0.3 is 5.97 Å². The molecule has 4 N–H and O–H groups in total. The highest BCUT2D eigenvalue weighted by molar-refractivity contribution is 5.74. The van der Waals surface area contributed by atoms with Crippen LogP contribution in [0.1, 0.15) is 12.5 Å². The Kier molecular flexibility index (Phi) is 4.80. The summed E-state index contributed by atoms with van der Waals surface area (Å²) in [5.74, 6) is -0.591. The average Bonchev–Trinajstić information content (AvgIpc) is 2.29. The van der Waals surface area contributed by atoms with E-state index in [0.717, 1.165) is 5.56 Å². The number of hydrogen-bond acceptors (Lipinski definition) is 6. The van der Waals surface area contributed by atoms with Gasteiger partial charge in [-0.25, -0.2) is 9.97 Å². The van der Waals surface area contributed by atoms with Gasteiger partial charge in [0.05, 0.1) is 6.10 Å². The van der Waals surface area contributed by atoms with E-state index in [1.54, 1.807) is 19.4 Å². The molecule has 0 aromatic carbocycles. The molecule has 1 aromatic heterocycles. The highest BCUT2D eigenvalue weighted by Crippen LogP contribution is 2.01. The van der Waals surface area contributed by atoms with Crippen molar-refractivity contribution in [1.29, 1.82) is 0 Å². The second kappa shape index (κ2) is 6.12. The van der Waals surface area contributed by atoms with Crippen molar-refractivity contribution in [3.8, 4) is 0 Å². The van der Waals surface area contributed by atoms with Crippen LogP contribution in [0.5, 0.6) is 0 Å². The number of aliphatic hydroxyl groups excluding tert-OH is 1. The Morgan fingerprint density at radius 2 is 2.06 bits per heavy atom. The van der Waals surface area contributed by atoms with Gasteiger partial charge in [-0.3, -0.25) is 10.1 Å². The van der Waals surface area contributed by atoms with Gasteiger partial charge < -0.3 is 15.5 Å². The van der Waals surface area contributed by atoms with Gasteiger partial charge in [0.2, 0.25) is 5.95 Å². The molecule has 1 rings (SSSR count). The Morgan fingerprint density at radius 1 is 1.47 bits per heavy atom. The topological polar surface area (TPSA) is 107 Å². The van der Waals surface area contributed by atoms with Crippen molar-refractivity contribution >= 4 is 11.9 Å². The van der Waals surface area contributed by atoms with E-state index in [9.17, 15) is 9.90 Å². The van der Waals surface area contributed by atoms with Gasteiger partial charge in [-0.05, 0) is 6.92 Å². The molecule has 0 aliphatic rings. The third-order valence-electron chi connectivity index (χ3n) is 2.20. The number of carbonyl (C=O) groups is 1. The van der Waals surface area contributed by atoms with Crippen LogP contribution in [0.2, 0.25) is 0 Å². The van der Waals surface area contributed by atoms with Crippen LogP contribution in [0.4, 0.5) is 5.95 Å². The van der Waals surface area contributed by atoms with Crippen LogP contribution < -0.4 is 10.6 Å². The molecule has 0 aliphatic heterocycles. The Hall–Kier alpha value is -1.73. The minimum absolute atomic E-state index is 0.284. The largest absolute Gasteiger partial charge is 0.480 e. The van der Waals surface area contributed by atoms with Crippen LogP contribution >= 0.6 is 0 Å². The molecule has 94 valence electrons. The van der Waals surface area contributed by atoms with Gasteiger partial charge in [0.15, 0.2) is 0 Å². The monoisotopic (exact) mass is 240 g/mol. The van der Waals surface area contributed by atoms with Gasteiger partial charge in [0, 0.05) is 31.5 Å². The van der Waals surface area contributed by atoms with Gasteiger partial charge in [0.1, 0.15) is 6.04 Å². The normalized spacial score (nSPS) is 14.1. The van der Waals surface area contributed by atoms with E-state index in [0.29, 0.717) is 5.95 Å². The van der Waals surface area contributed by atoms with Crippen LogP contribution in [-0.4, -0.2) is 45.3 Å². The Balaban J connectivity index is 2.56. The number of nitrogens with one attached hydrogen (secondary N) is 2. The lowest BCUT2D eigenvalue weighted by atomic mass is 10.2. The first-order chi connectivity index (χ1) is 8.04. The average molecular weight is 240 g/mol. The smallest absolute Gasteiger partial charge is 0.323 e. The Bertz CT molecular complexity index is 366. The number of hydrogen-bond donors (Lipinski definition) is 4. The lowest BCUT2D eigenvalue weighted by molar-refractivity contribution is -0.142. The number of aliphatic hydroxyl groups is 1. The lowest BCUT2D eigenvalue weighted by Crippen LogP contribution is -2.44. The maximum Gasteiger partial charge on any atom is 0.323 e. The standard InChI is InChI=1S/C10H16N4O3/c1-6(15)8(9(16)17)12-3-7-4-13-10(11-2)14-5-7/h4-6,8,12,15H,3H2,1-2H3,(H,16,17)(H,11,13,14)/t6-,8-/m1/s1. The summed E-state index contributed by atoms with van der Waals surface area (Å²) in [5, 5.41) is 23.6. The van der Waals surface area contributed by atoms with E-state index < -0.39 is 18.1 Å². The van der Waals surface area contributed by atoms with E-state index in [1.165, 1.54) is 6.92 Å². The zero-order valence-electron chi connectivity index (χ0n) is 9.71. The molecule has 0 radical (unpaired) electrons. The predicted molar refractivity (Wildman–Crippen MR) is 61.5 cm³/mol. The number of carboxylic acid groups (broad SMARTS) is 1. The maximum absolute atomic E-state index is 10.8. The number of aliphatic carboxylic acids is 1. The summed E-state index contributed by atoms with van der Waals surface area (Å²) in [6.45, 7) is 1.71. The highest BCUT2D eigenvalue weighted by atomic mass is 16.4. The third-order valence-corrected chi connectivity index (χ3v) is 2.20. The maximum atomic E-state index is 10.8. The quantitative estimate of drug-likeness (QED) is 0.528. The fourth-order valence-corrected chi connectivity index (χ4v) is 1.27. The molecule has 7 heteroatoms. The van der Waals surface area contributed by atoms with Crippen molar-refractivity contribution in [3.63, 3.8) is 0 Å². The number of nitrogens with zero attached hydrogens (tertiary/aromatic N) is 2. The fraction of sp³-hybridized carbons (Fsp3) is 0.500. The molecule has 0 amide bonds. The molecular weight excluding hydrogens is 224 g/mol. The number of anilines is 1. The number of rotatable bonds is 6. The second-order valence-electron chi connectivity index (χ2n) is 3.60. The zero-order chi connectivity index (χ0) is 12.8. The van der Waals surface area contributed by atoms with Gasteiger partial charge in [-0.2, -0.15) is 0 Å². The summed E-state index contributed by atoms with van der Waals surface area (Å²) in [7, 11) is 1.71. The summed E-state index contributed by atoms with van der Waals surface area (Å²) in [4.78, 5) is 18.8. The van der Waals surface area contributed by atoms with E-state index >= 15 is 0 Å². The molecule has 7 nitrogen and oxygen atoms in total. The summed E-state index contributed by atoms with van der Waals surface area (Å²) in [5.41, 5.74) is 0.746. The van der Waals surface area contributed by atoms with Crippen LogP contribution in [0.15, 0.2) is 12.4 Å².